The van der Waals surface area contributed by atoms with Gasteiger partial charge in [-0.15, -0.1) is 0 Å². The van der Waals surface area contributed by atoms with Crippen molar-refractivity contribution < 1.29 is 14.3 Å². The molecule has 36 heavy (non-hydrogen) atoms. The molecule has 0 aromatic heterocycles. The first-order valence-electron chi connectivity index (χ1n) is 12.5. The lowest BCUT2D eigenvalue weighted by Crippen LogP contribution is -2.22. The van der Waals surface area contributed by atoms with Gasteiger partial charge in [-0.25, -0.2) is 4.79 Å². The molecule has 3 nitrogen and oxygen atoms in total. The maximum atomic E-state index is 11.6. The number of rotatable bonds is 2. The van der Waals surface area contributed by atoms with Gasteiger partial charge in [0.1, 0.15) is 0 Å². The van der Waals surface area contributed by atoms with Gasteiger partial charge in [-0.1, -0.05) is 109 Å². The molecule has 0 bridgehead atoms. The van der Waals surface area contributed by atoms with E-state index in [-0.39, 0.29) is 40.8 Å². The molecule has 202 valence electrons. The summed E-state index contributed by atoms with van der Waals surface area (Å²) in [7, 11) is 1.41. The largest absolute Gasteiger partial charge is 0.465 e. The predicted molar refractivity (Wildman–Crippen MR) is 156 cm³/mol. The molecule has 2 aromatic carbocycles. The van der Waals surface area contributed by atoms with E-state index in [4.69, 9.17) is 4.74 Å². The van der Waals surface area contributed by atoms with Gasteiger partial charge in [-0.05, 0) is 69.0 Å². The zero-order chi connectivity index (χ0) is 27.6. The standard InChI is InChI=1S/C16H24O2.C16H24O.CH4/c1-15(2,3)12-9-8-11(14(17)18-7)10-13(12)16(4,5)6;1-11(17)12-8-9-13(15(2,3)4)14(10-12)16(5,6)7;/h8-10H,1-7H3;8-10H,1-7H3;1H4. The minimum atomic E-state index is -0.277. The van der Waals surface area contributed by atoms with Gasteiger partial charge in [0, 0.05) is 5.56 Å². The molecule has 0 aliphatic carbocycles. The van der Waals surface area contributed by atoms with Gasteiger partial charge < -0.3 is 4.74 Å². The molecule has 0 radical (unpaired) electrons. The smallest absolute Gasteiger partial charge is 0.337 e. The molecule has 0 saturated carbocycles. The van der Waals surface area contributed by atoms with Crippen molar-refractivity contribution in [2.45, 2.75) is 119 Å². The maximum absolute atomic E-state index is 11.6. The van der Waals surface area contributed by atoms with Crippen LogP contribution in [0.4, 0.5) is 0 Å². The summed E-state index contributed by atoms with van der Waals surface area (Å²) in [6.45, 7) is 27.9. The number of methoxy groups -OCH3 is 1. The molecule has 0 aliphatic rings. The Bertz CT molecular complexity index is 1050. The minimum Gasteiger partial charge on any atom is -0.465 e. The highest BCUT2D eigenvalue weighted by Gasteiger charge is 2.27. The van der Waals surface area contributed by atoms with E-state index in [0.717, 1.165) is 5.56 Å². The van der Waals surface area contributed by atoms with Crippen LogP contribution in [-0.2, 0) is 26.4 Å². The Morgan fingerprint density at radius 1 is 0.556 bits per heavy atom. The summed E-state index contributed by atoms with van der Waals surface area (Å²) in [5.41, 5.74) is 6.77. The zero-order valence-corrected chi connectivity index (χ0v) is 24.7. The Morgan fingerprint density at radius 3 is 1.14 bits per heavy atom. The van der Waals surface area contributed by atoms with Gasteiger partial charge >= 0.3 is 5.97 Å². The number of ether oxygens (including phenoxy) is 1. The van der Waals surface area contributed by atoms with E-state index in [1.807, 2.05) is 24.3 Å². The van der Waals surface area contributed by atoms with Crippen molar-refractivity contribution in [2.24, 2.45) is 0 Å². The quantitative estimate of drug-likeness (QED) is 0.307. The van der Waals surface area contributed by atoms with E-state index >= 15 is 0 Å². The second-order valence-electron chi connectivity index (χ2n) is 13.6. The van der Waals surface area contributed by atoms with Crippen molar-refractivity contribution in [3.8, 4) is 0 Å². The summed E-state index contributed by atoms with van der Waals surface area (Å²) < 4.78 is 4.79. The molecule has 0 atom stereocenters. The van der Waals surface area contributed by atoms with E-state index < -0.39 is 0 Å². The van der Waals surface area contributed by atoms with Crippen LogP contribution in [-0.4, -0.2) is 18.9 Å². The van der Waals surface area contributed by atoms with Crippen LogP contribution >= 0.6 is 0 Å². The van der Waals surface area contributed by atoms with Crippen LogP contribution < -0.4 is 0 Å². The molecule has 0 saturated heterocycles. The van der Waals surface area contributed by atoms with Gasteiger partial charge in [-0.3, -0.25) is 4.79 Å². The lowest BCUT2D eigenvalue weighted by Gasteiger charge is -2.30. The third kappa shape index (κ3) is 8.91. The molecule has 3 heteroatoms. The summed E-state index contributed by atoms with van der Waals surface area (Å²) in [5.74, 6) is -0.142. The summed E-state index contributed by atoms with van der Waals surface area (Å²) in [5, 5.41) is 0. The zero-order valence-electron chi connectivity index (χ0n) is 24.7. The third-order valence-corrected chi connectivity index (χ3v) is 6.10. The summed E-state index contributed by atoms with van der Waals surface area (Å²) in [6.07, 6.45) is 0. The number of esters is 1. The second-order valence-corrected chi connectivity index (χ2v) is 13.6. The molecular weight excluding hydrogens is 444 g/mol. The van der Waals surface area contributed by atoms with Gasteiger partial charge in [0.25, 0.3) is 0 Å². The Hall–Kier alpha value is -2.42. The Morgan fingerprint density at radius 2 is 0.861 bits per heavy atom. The topological polar surface area (TPSA) is 43.4 Å². The fourth-order valence-electron chi connectivity index (χ4n) is 4.10. The van der Waals surface area contributed by atoms with Crippen molar-refractivity contribution in [3.05, 3.63) is 69.8 Å². The van der Waals surface area contributed by atoms with Gasteiger partial charge in [0.15, 0.2) is 5.78 Å². The highest BCUT2D eigenvalue weighted by molar-refractivity contribution is 5.94. The van der Waals surface area contributed by atoms with Crippen LogP contribution in [0.15, 0.2) is 36.4 Å². The van der Waals surface area contributed by atoms with Gasteiger partial charge in [0.05, 0.1) is 12.7 Å². The van der Waals surface area contributed by atoms with Crippen molar-refractivity contribution in [1.82, 2.24) is 0 Å². The van der Waals surface area contributed by atoms with Crippen LogP contribution in [0.25, 0.3) is 0 Å². The summed E-state index contributed by atoms with van der Waals surface area (Å²) >= 11 is 0. The van der Waals surface area contributed by atoms with E-state index in [2.05, 4.69) is 95.2 Å². The lowest BCUT2D eigenvalue weighted by molar-refractivity contribution is 0.0600. The normalized spacial score (nSPS) is 12.2. The van der Waals surface area contributed by atoms with E-state index in [0.29, 0.717) is 5.56 Å². The van der Waals surface area contributed by atoms with E-state index in [9.17, 15) is 9.59 Å². The molecule has 0 amide bonds. The number of hydrogen-bond donors (Lipinski definition) is 0. The van der Waals surface area contributed by atoms with E-state index in [1.54, 1.807) is 6.92 Å². The molecule has 0 N–H and O–H groups in total. The number of carbonyl (C=O) groups excluding carboxylic acids is 2. The van der Waals surface area contributed by atoms with Crippen molar-refractivity contribution >= 4 is 11.8 Å². The highest BCUT2D eigenvalue weighted by Crippen LogP contribution is 2.35. The monoisotopic (exact) mass is 496 g/mol. The fourth-order valence-corrected chi connectivity index (χ4v) is 4.10. The van der Waals surface area contributed by atoms with Gasteiger partial charge in [-0.2, -0.15) is 0 Å². The van der Waals surface area contributed by atoms with Crippen molar-refractivity contribution in [3.63, 3.8) is 0 Å². The Balaban J connectivity index is 0.000000663. The summed E-state index contributed by atoms with van der Waals surface area (Å²) in [4.78, 5) is 23.1. The average molecular weight is 497 g/mol. The molecule has 0 spiro atoms. The molecule has 0 unspecified atom stereocenters. The molecule has 0 heterocycles. The Kier molecular flexibility index (Phi) is 11.0. The molecular formula is C33H52O3. The molecule has 0 fully saturated rings. The predicted octanol–water partition coefficient (Wildman–Crippen LogP) is 9.19. The summed E-state index contributed by atoms with van der Waals surface area (Å²) in [6, 6.07) is 12.0. The van der Waals surface area contributed by atoms with Crippen molar-refractivity contribution in [2.75, 3.05) is 7.11 Å². The first-order valence-corrected chi connectivity index (χ1v) is 12.5. The van der Waals surface area contributed by atoms with Crippen molar-refractivity contribution in [1.29, 1.82) is 0 Å². The number of benzene rings is 2. The number of ketones is 1. The van der Waals surface area contributed by atoms with Crippen LogP contribution in [0, 0.1) is 0 Å². The van der Waals surface area contributed by atoms with Crippen LogP contribution in [0.1, 0.15) is 140 Å². The van der Waals surface area contributed by atoms with Crippen LogP contribution in [0.3, 0.4) is 0 Å². The molecule has 2 aromatic rings. The van der Waals surface area contributed by atoms with Gasteiger partial charge in [0.2, 0.25) is 0 Å². The number of Topliss-reactive ketones (excluding diaryl/α,β-unsaturated/α-hetero) is 1. The maximum Gasteiger partial charge on any atom is 0.337 e. The molecule has 0 aliphatic heterocycles. The van der Waals surface area contributed by atoms with Crippen LogP contribution in [0.2, 0.25) is 0 Å². The number of hydrogen-bond acceptors (Lipinski definition) is 3. The third-order valence-electron chi connectivity index (χ3n) is 6.10. The van der Waals surface area contributed by atoms with E-state index in [1.165, 1.54) is 29.4 Å². The minimum absolute atomic E-state index is 0. The number of carbonyl (C=O) groups is 2. The first-order chi connectivity index (χ1) is 15.6. The lowest BCUT2D eigenvalue weighted by atomic mass is 9.74. The average Bonchev–Trinajstić information content (AvgIpc) is 2.70. The SMILES string of the molecule is C.CC(=O)c1ccc(C(C)(C)C)c(C(C)(C)C)c1.COC(=O)c1ccc(C(C)(C)C)c(C(C)(C)C)c1. The van der Waals surface area contributed by atoms with Crippen LogP contribution in [0.5, 0.6) is 0 Å². The Labute approximate surface area is 222 Å². The highest BCUT2D eigenvalue weighted by atomic mass is 16.5. The molecule has 2 rings (SSSR count). The first kappa shape index (κ1) is 33.6. The fraction of sp³-hybridized carbons (Fsp3) is 0.576. The second kappa shape index (κ2) is 11.8.